The summed E-state index contributed by atoms with van der Waals surface area (Å²) in [5.41, 5.74) is -5.24. The first-order valence-corrected chi connectivity index (χ1v) is 11.7. The van der Waals surface area contributed by atoms with Crippen molar-refractivity contribution in [1.29, 1.82) is 0 Å². The third-order valence-corrected chi connectivity index (χ3v) is 7.17. The van der Waals surface area contributed by atoms with E-state index in [-0.39, 0.29) is 19.1 Å². The average molecular weight is 442 g/mol. The number of nitrogens with one attached hydrogen (secondary N) is 2. The molecule has 2 atom stereocenters. The molecule has 0 saturated carbocycles. The molecule has 0 bridgehead atoms. The van der Waals surface area contributed by atoms with Crippen LogP contribution in [0.4, 0.5) is 13.2 Å². The predicted octanol–water partition coefficient (Wildman–Crippen LogP) is 1.83. The van der Waals surface area contributed by atoms with Crippen LogP contribution in [0, 0.1) is 11.8 Å². The molecule has 0 aliphatic carbocycles. The van der Waals surface area contributed by atoms with Crippen molar-refractivity contribution < 1.29 is 21.6 Å². The Morgan fingerprint density at radius 2 is 1.72 bits per heavy atom. The van der Waals surface area contributed by atoms with E-state index in [1.165, 1.54) is 6.42 Å². The highest BCUT2D eigenvalue weighted by Crippen LogP contribution is 2.29. The molecule has 2 saturated heterocycles. The third kappa shape index (κ3) is 6.99. The summed E-state index contributed by atoms with van der Waals surface area (Å²) in [5.74, 6) is 2.06. The maximum atomic E-state index is 12.7. The fourth-order valence-electron chi connectivity index (χ4n) is 4.26. The van der Waals surface area contributed by atoms with E-state index in [0.29, 0.717) is 23.1 Å². The molecule has 29 heavy (non-hydrogen) atoms. The van der Waals surface area contributed by atoms with Gasteiger partial charge in [-0.3, -0.25) is 4.99 Å². The second-order valence-electron chi connectivity index (χ2n) is 8.33. The van der Waals surface area contributed by atoms with Crippen LogP contribution in [-0.2, 0) is 10.0 Å². The lowest BCUT2D eigenvalue weighted by Crippen LogP contribution is -2.51. The smallest absolute Gasteiger partial charge is 0.356 e. The maximum absolute atomic E-state index is 12.7. The van der Waals surface area contributed by atoms with Crippen LogP contribution in [0.1, 0.15) is 39.5 Å². The molecular weight excluding hydrogens is 407 g/mol. The standard InChI is InChI=1S/C18H34F3N5O2S/c1-14-11-15(2)13-25(12-14)8-4-7-23-17(22-3)24-16-5-9-26(10-6-16)29(27,28)18(19,20)21/h14-16H,4-13H2,1-3H3,(H2,22,23,24). The molecular formula is C18H34F3N5O2S. The summed E-state index contributed by atoms with van der Waals surface area (Å²) in [5, 5.41) is 6.44. The molecule has 2 aliphatic heterocycles. The Labute approximate surface area is 172 Å². The number of nitrogens with zero attached hydrogens (tertiary/aromatic N) is 3. The zero-order valence-electron chi connectivity index (χ0n) is 17.5. The minimum absolute atomic E-state index is 0.107. The number of piperidine rings is 2. The SMILES string of the molecule is CN=C(NCCCN1CC(C)CC(C)C1)NC1CCN(S(=O)(=O)C(F)(F)F)CC1. The zero-order valence-corrected chi connectivity index (χ0v) is 18.3. The highest BCUT2D eigenvalue weighted by Gasteiger charge is 2.50. The van der Waals surface area contributed by atoms with Crippen LogP contribution in [0.2, 0.25) is 0 Å². The summed E-state index contributed by atoms with van der Waals surface area (Å²) in [4.78, 5) is 6.66. The molecule has 0 spiro atoms. The van der Waals surface area contributed by atoms with E-state index in [4.69, 9.17) is 0 Å². The molecule has 2 unspecified atom stereocenters. The van der Waals surface area contributed by atoms with Crippen molar-refractivity contribution in [3.05, 3.63) is 0 Å². The van der Waals surface area contributed by atoms with Crippen LogP contribution >= 0.6 is 0 Å². The highest BCUT2D eigenvalue weighted by molar-refractivity contribution is 7.90. The fourth-order valence-corrected chi connectivity index (χ4v) is 5.24. The Hall–Kier alpha value is -1.07. The summed E-state index contributed by atoms with van der Waals surface area (Å²) in [6.45, 7) is 8.32. The summed E-state index contributed by atoms with van der Waals surface area (Å²) in [7, 11) is -3.59. The molecule has 170 valence electrons. The van der Waals surface area contributed by atoms with Gasteiger partial charge in [0, 0.05) is 45.8 Å². The number of hydrogen-bond donors (Lipinski definition) is 2. The molecule has 2 rings (SSSR count). The Balaban J connectivity index is 1.69. The van der Waals surface area contributed by atoms with E-state index in [0.717, 1.165) is 44.4 Å². The molecule has 0 aromatic carbocycles. The minimum Gasteiger partial charge on any atom is -0.356 e. The first kappa shape index (κ1) is 24.2. The fraction of sp³-hybridized carbons (Fsp3) is 0.944. The van der Waals surface area contributed by atoms with Gasteiger partial charge in [0.05, 0.1) is 0 Å². The van der Waals surface area contributed by atoms with E-state index >= 15 is 0 Å². The Kier molecular flexibility index (Phi) is 8.59. The number of aliphatic imine (C=N–C) groups is 1. The van der Waals surface area contributed by atoms with E-state index < -0.39 is 15.5 Å². The van der Waals surface area contributed by atoms with Gasteiger partial charge in [0.25, 0.3) is 0 Å². The molecule has 2 aliphatic rings. The van der Waals surface area contributed by atoms with Gasteiger partial charge < -0.3 is 15.5 Å². The first-order chi connectivity index (χ1) is 13.5. The van der Waals surface area contributed by atoms with Gasteiger partial charge >= 0.3 is 15.5 Å². The molecule has 0 aromatic heterocycles. The van der Waals surface area contributed by atoms with Crippen LogP contribution in [0.25, 0.3) is 0 Å². The summed E-state index contributed by atoms with van der Waals surface area (Å²) in [6.07, 6.45) is 2.87. The molecule has 7 nitrogen and oxygen atoms in total. The van der Waals surface area contributed by atoms with Gasteiger partial charge in [-0.2, -0.15) is 17.5 Å². The van der Waals surface area contributed by atoms with Crippen LogP contribution < -0.4 is 10.6 Å². The lowest BCUT2D eigenvalue weighted by atomic mass is 9.92. The molecule has 0 radical (unpaired) electrons. The van der Waals surface area contributed by atoms with Gasteiger partial charge in [-0.15, -0.1) is 0 Å². The molecule has 2 heterocycles. The number of hydrogen-bond acceptors (Lipinski definition) is 4. The second kappa shape index (κ2) is 10.3. The molecule has 0 amide bonds. The third-order valence-electron chi connectivity index (χ3n) is 5.54. The topological polar surface area (TPSA) is 77.0 Å². The second-order valence-corrected chi connectivity index (χ2v) is 10.3. The summed E-state index contributed by atoms with van der Waals surface area (Å²) < 4.78 is 61.4. The van der Waals surface area contributed by atoms with E-state index in [1.807, 2.05) is 0 Å². The van der Waals surface area contributed by atoms with Crippen molar-refractivity contribution in [2.75, 3.05) is 46.3 Å². The molecule has 2 N–H and O–H groups in total. The van der Waals surface area contributed by atoms with Crippen molar-refractivity contribution >= 4 is 16.0 Å². The van der Waals surface area contributed by atoms with Crippen molar-refractivity contribution in [2.24, 2.45) is 16.8 Å². The van der Waals surface area contributed by atoms with Crippen LogP contribution in [-0.4, -0.2) is 81.4 Å². The predicted molar refractivity (Wildman–Crippen MR) is 108 cm³/mol. The number of halogens is 3. The number of sulfonamides is 1. The Bertz CT molecular complexity index is 638. The zero-order chi connectivity index (χ0) is 21.7. The molecule has 11 heteroatoms. The first-order valence-electron chi connectivity index (χ1n) is 10.3. The average Bonchev–Trinajstić information content (AvgIpc) is 2.63. The lowest BCUT2D eigenvalue weighted by Gasteiger charge is -2.35. The van der Waals surface area contributed by atoms with Crippen molar-refractivity contribution in [2.45, 2.75) is 51.1 Å². The summed E-state index contributed by atoms with van der Waals surface area (Å²) in [6, 6.07) is -0.107. The van der Waals surface area contributed by atoms with Gasteiger partial charge in [-0.05, 0) is 44.1 Å². The quantitative estimate of drug-likeness (QED) is 0.374. The van der Waals surface area contributed by atoms with E-state index in [1.54, 1.807) is 7.05 Å². The monoisotopic (exact) mass is 441 g/mol. The largest absolute Gasteiger partial charge is 0.511 e. The molecule has 0 aromatic rings. The van der Waals surface area contributed by atoms with Gasteiger partial charge in [0.2, 0.25) is 0 Å². The van der Waals surface area contributed by atoms with Crippen molar-refractivity contribution in [3.8, 4) is 0 Å². The Morgan fingerprint density at radius 1 is 1.14 bits per heavy atom. The van der Waals surface area contributed by atoms with E-state index in [9.17, 15) is 21.6 Å². The number of alkyl halides is 3. The molecule has 2 fully saturated rings. The van der Waals surface area contributed by atoms with Gasteiger partial charge in [0.1, 0.15) is 0 Å². The number of rotatable bonds is 6. The van der Waals surface area contributed by atoms with Crippen LogP contribution in [0.3, 0.4) is 0 Å². The minimum atomic E-state index is -5.24. The maximum Gasteiger partial charge on any atom is 0.511 e. The van der Waals surface area contributed by atoms with Crippen LogP contribution in [0.15, 0.2) is 4.99 Å². The van der Waals surface area contributed by atoms with Crippen LogP contribution in [0.5, 0.6) is 0 Å². The van der Waals surface area contributed by atoms with Crippen molar-refractivity contribution in [1.82, 2.24) is 19.8 Å². The number of guanidine groups is 1. The number of likely N-dealkylation sites (tertiary alicyclic amines) is 1. The Morgan fingerprint density at radius 3 is 2.24 bits per heavy atom. The summed E-state index contributed by atoms with van der Waals surface area (Å²) >= 11 is 0. The van der Waals surface area contributed by atoms with Crippen molar-refractivity contribution in [3.63, 3.8) is 0 Å². The van der Waals surface area contributed by atoms with E-state index in [2.05, 4.69) is 34.4 Å². The lowest BCUT2D eigenvalue weighted by molar-refractivity contribution is -0.0494. The van der Waals surface area contributed by atoms with Gasteiger partial charge in [0.15, 0.2) is 5.96 Å². The highest BCUT2D eigenvalue weighted by atomic mass is 32.2. The van der Waals surface area contributed by atoms with Gasteiger partial charge in [-0.1, -0.05) is 13.8 Å². The van der Waals surface area contributed by atoms with Gasteiger partial charge in [-0.25, -0.2) is 8.42 Å². The normalized spacial score (nSPS) is 26.5.